The predicted molar refractivity (Wildman–Crippen MR) is 122 cm³/mol. The van der Waals surface area contributed by atoms with Gasteiger partial charge in [0.1, 0.15) is 6.61 Å². The van der Waals surface area contributed by atoms with Crippen LogP contribution in [0.1, 0.15) is 36.8 Å². The summed E-state index contributed by atoms with van der Waals surface area (Å²) in [6.45, 7) is 3.16. The van der Waals surface area contributed by atoms with Gasteiger partial charge in [-0.15, -0.1) is 0 Å². The second-order valence-electron chi connectivity index (χ2n) is 9.27. The van der Waals surface area contributed by atoms with Crippen molar-refractivity contribution in [3.8, 4) is 11.1 Å². The number of carboxylic acid groups (broad SMARTS) is 1. The first kappa shape index (κ1) is 21.5. The van der Waals surface area contributed by atoms with Gasteiger partial charge < -0.3 is 20.1 Å². The molecule has 2 fully saturated rings. The minimum absolute atomic E-state index is 0.0108. The number of likely N-dealkylation sites (tertiary alicyclic amines) is 1. The molecule has 0 radical (unpaired) electrons. The molecular formula is C26H28N2O5. The first-order chi connectivity index (χ1) is 16.0. The molecule has 2 aliphatic carbocycles. The first-order valence-corrected chi connectivity index (χ1v) is 11.6. The van der Waals surface area contributed by atoms with Crippen LogP contribution in [0.25, 0.3) is 11.1 Å². The number of hydrogen-bond acceptors (Lipinski definition) is 4. The molecule has 5 rings (SSSR count). The molecule has 0 spiro atoms. The summed E-state index contributed by atoms with van der Waals surface area (Å²) < 4.78 is 5.60. The van der Waals surface area contributed by atoms with Crippen LogP contribution in [0.3, 0.4) is 0 Å². The molecule has 1 aliphatic heterocycles. The maximum Gasteiger partial charge on any atom is 0.407 e. The van der Waals surface area contributed by atoms with Crippen molar-refractivity contribution in [3.05, 3.63) is 59.7 Å². The summed E-state index contributed by atoms with van der Waals surface area (Å²) in [5.74, 6) is -0.945. The number of aliphatic carboxylic acids is 1. The van der Waals surface area contributed by atoms with Crippen LogP contribution in [-0.4, -0.2) is 53.7 Å². The summed E-state index contributed by atoms with van der Waals surface area (Å²) in [4.78, 5) is 38.1. The molecule has 1 heterocycles. The number of fused-ring (bicyclic) bond motifs is 4. The highest BCUT2D eigenvalue weighted by Crippen LogP contribution is 2.51. The van der Waals surface area contributed by atoms with Gasteiger partial charge in [0.25, 0.3) is 0 Å². The van der Waals surface area contributed by atoms with Crippen molar-refractivity contribution in [2.75, 3.05) is 19.7 Å². The van der Waals surface area contributed by atoms with E-state index in [1.54, 1.807) is 4.90 Å². The second kappa shape index (κ2) is 8.54. The minimum atomic E-state index is -0.763. The Kier molecular flexibility index (Phi) is 5.56. The fourth-order valence-electron chi connectivity index (χ4n) is 5.54. The van der Waals surface area contributed by atoms with Crippen LogP contribution in [0.4, 0.5) is 4.79 Å². The summed E-state index contributed by atoms with van der Waals surface area (Å²) in [6, 6.07) is 16.0. The van der Waals surface area contributed by atoms with Crippen molar-refractivity contribution in [1.29, 1.82) is 0 Å². The number of hydrogen-bond donors (Lipinski definition) is 2. The molecule has 2 N–H and O–H groups in total. The molecule has 1 saturated heterocycles. The average Bonchev–Trinajstić information content (AvgIpc) is 3.17. The highest BCUT2D eigenvalue weighted by atomic mass is 16.5. The summed E-state index contributed by atoms with van der Waals surface area (Å²) in [5, 5.41) is 12.0. The maximum absolute atomic E-state index is 12.7. The third kappa shape index (κ3) is 3.96. The van der Waals surface area contributed by atoms with E-state index in [4.69, 9.17) is 9.84 Å². The molecule has 0 bridgehead atoms. The molecule has 3 atom stereocenters. The van der Waals surface area contributed by atoms with Gasteiger partial charge in [-0.05, 0) is 40.5 Å². The van der Waals surface area contributed by atoms with E-state index in [1.165, 1.54) is 11.1 Å². The van der Waals surface area contributed by atoms with Crippen molar-refractivity contribution < 1.29 is 24.2 Å². The zero-order valence-corrected chi connectivity index (χ0v) is 18.6. The number of rotatable bonds is 7. The minimum Gasteiger partial charge on any atom is -0.481 e. The van der Waals surface area contributed by atoms with Crippen molar-refractivity contribution in [2.24, 2.45) is 17.8 Å². The van der Waals surface area contributed by atoms with E-state index in [-0.39, 0.29) is 48.6 Å². The SMILES string of the molecule is CC[C@H](CC(=O)N1CC2C(C1)C2C(=O)O)NC(=O)OCC1c2ccccc2-c2ccccc21. The first-order valence-electron chi connectivity index (χ1n) is 11.6. The van der Waals surface area contributed by atoms with E-state index in [0.717, 1.165) is 11.1 Å². The largest absolute Gasteiger partial charge is 0.481 e. The van der Waals surface area contributed by atoms with Crippen LogP contribution >= 0.6 is 0 Å². The van der Waals surface area contributed by atoms with Gasteiger partial charge in [0, 0.05) is 31.5 Å². The average molecular weight is 449 g/mol. The fourth-order valence-corrected chi connectivity index (χ4v) is 5.54. The number of nitrogens with zero attached hydrogens (tertiary/aromatic N) is 1. The molecule has 7 nitrogen and oxygen atoms in total. The van der Waals surface area contributed by atoms with Crippen LogP contribution in [0.15, 0.2) is 48.5 Å². The summed E-state index contributed by atoms with van der Waals surface area (Å²) in [5.41, 5.74) is 4.66. The molecule has 2 unspecified atom stereocenters. The van der Waals surface area contributed by atoms with E-state index in [2.05, 4.69) is 29.6 Å². The summed E-state index contributed by atoms with van der Waals surface area (Å²) >= 11 is 0. The van der Waals surface area contributed by atoms with Crippen LogP contribution in [-0.2, 0) is 14.3 Å². The Morgan fingerprint density at radius 2 is 1.61 bits per heavy atom. The van der Waals surface area contributed by atoms with E-state index >= 15 is 0 Å². The van der Waals surface area contributed by atoms with E-state index in [1.807, 2.05) is 31.2 Å². The summed E-state index contributed by atoms with van der Waals surface area (Å²) in [7, 11) is 0. The Morgan fingerprint density at radius 3 is 2.15 bits per heavy atom. The third-order valence-corrected chi connectivity index (χ3v) is 7.41. The molecule has 2 aromatic rings. The Morgan fingerprint density at radius 1 is 1.03 bits per heavy atom. The molecule has 7 heteroatoms. The number of amides is 2. The second-order valence-corrected chi connectivity index (χ2v) is 9.27. The topological polar surface area (TPSA) is 95.9 Å². The van der Waals surface area contributed by atoms with Crippen LogP contribution < -0.4 is 5.32 Å². The highest BCUT2D eigenvalue weighted by Gasteiger charge is 2.60. The summed E-state index contributed by atoms with van der Waals surface area (Å²) in [6.07, 6.45) is 0.276. The lowest BCUT2D eigenvalue weighted by molar-refractivity contribution is -0.141. The Bertz CT molecular complexity index is 1040. The van der Waals surface area contributed by atoms with Gasteiger partial charge in [0.05, 0.1) is 5.92 Å². The van der Waals surface area contributed by atoms with Crippen LogP contribution in [0.5, 0.6) is 0 Å². The number of carbonyl (C=O) groups excluding carboxylic acids is 2. The number of carboxylic acids is 1. The Hall–Kier alpha value is -3.35. The zero-order valence-electron chi connectivity index (χ0n) is 18.6. The molecular weight excluding hydrogens is 420 g/mol. The third-order valence-electron chi connectivity index (χ3n) is 7.41. The molecule has 3 aliphatic rings. The van der Waals surface area contributed by atoms with Gasteiger partial charge in [-0.2, -0.15) is 0 Å². The number of ether oxygens (including phenoxy) is 1. The molecule has 2 aromatic carbocycles. The number of piperidine rings is 1. The number of carbonyl (C=O) groups is 3. The standard InChI is InChI=1S/C26H28N2O5/c1-2-15(11-23(29)28-12-20-21(13-28)24(20)25(30)31)27-26(32)33-14-22-18-9-5-3-7-16(18)17-8-4-6-10-19(17)22/h3-10,15,20-22,24H,2,11-14H2,1H3,(H,27,32)(H,30,31)/t15-,20?,21?,24?/m1/s1. The van der Waals surface area contributed by atoms with Gasteiger partial charge in [-0.3, -0.25) is 9.59 Å². The van der Waals surface area contributed by atoms with Crippen molar-refractivity contribution in [3.63, 3.8) is 0 Å². The molecule has 2 amide bonds. The highest BCUT2D eigenvalue weighted by molar-refractivity contribution is 5.81. The van der Waals surface area contributed by atoms with Crippen molar-refractivity contribution >= 4 is 18.0 Å². The normalized spacial score (nSPS) is 23.3. The van der Waals surface area contributed by atoms with Crippen molar-refractivity contribution in [2.45, 2.75) is 31.7 Å². The number of benzene rings is 2. The van der Waals surface area contributed by atoms with Crippen LogP contribution in [0, 0.1) is 17.8 Å². The smallest absolute Gasteiger partial charge is 0.407 e. The quantitative estimate of drug-likeness (QED) is 0.676. The Labute approximate surface area is 192 Å². The lowest BCUT2D eigenvalue weighted by atomic mass is 9.98. The molecule has 172 valence electrons. The maximum atomic E-state index is 12.7. The van der Waals surface area contributed by atoms with Crippen molar-refractivity contribution in [1.82, 2.24) is 10.2 Å². The van der Waals surface area contributed by atoms with E-state index in [9.17, 15) is 14.4 Å². The predicted octanol–water partition coefficient (Wildman–Crippen LogP) is 3.48. The molecule has 0 aromatic heterocycles. The van der Waals surface area contributed by atoms with Crippen LogP contribution in [0.2, 0.25) is 0 Å². The monoisotopic (exact) mass is 448 g/mol. The van der Waals surface area contributed by atoms with Gasteiger partial charge in [-0.1, -0.05) is 55.5 Å². The lowest BCUT2D eigenvalue weighted by Gasteiger charge is -2.23. The van der Waals surface area contributed by atoms with Gasteiger partial charge in [0.2, 0.25) is 5.91 Å². The van der Waals surface area contributed by atoms with E-state index < -0.39 is 12.1 Å². The van der Waals surface area contributed by atoms with Gasteiger partial charge in [-0.25, -0.2) is 4.79 Å². The van der Waals surface area contributed by atoms with Gasteiger partial charge in [0.15, 0.2) is 0 Å². The Balaban J connectivity index is 1.14. The lowest BCUT2D eigenvalue weighted by Crippen LogP contribution is -2.41. The van der Waals surface area contributed by atoms with Gasteiger partial charge >= 0.3 is 12.1 Å². The molecule has 33 heavy (non-hydrogen) atoms. The van der Waals surface area contributed by atoms with E-state index in [0.29, 0.717) is 19.5 Å². The number of alkyl carbamates (subject to hydrolysis) is 1. The fraction of sp³-hybridized carbons (Fsp3) is 0.423. The number of nitrogens with one attached hydrogen (secondary N) is 1. The zero-order chi connectivity index (χ0) is 23.1. The molecule has 1 saturated carbocycles.